The molecule has 3 aromatic heterocycles. The Morgan fingerprint density at radius 3 is 2.84 bits per heavy atom. The summed E-state index contributed by atoms with van der Waals surface area (Å²) in [6, 6.07) is 18.5. The van der Waals surface area contributed by atoms with Gasteiger partial charge in [-0.05, 0) is 61.5 Å². The first-order chi connectivity index (χ1) is 15.8. The van der Waals surface area contributed by atoms with Crippen LogP contribution in [0, 0.1) is 0 Å². The molecule has 0 radical (unpaired) electrons. The number of benzene rings is 1. The Morgan fingerprint density at radius 1 is 1.12 bits per heavy atom. The first-order valence-corrected chi connectivity index (χ1v) is 12.1. The minimum atomic E-state index is -0.0480. The van der Waals surface area contributed by atoms with Crippen LogP contribution in [0.25, 0.3) is 15.3 Å². The molecule has 8 heteroatoms. The molecule has 162 valence electrons. The first-order valence-electron chi connectivity index (χ1n) is 10.9. The van der Waals surface area contributed by atoms with Crippen LogP contribution >= 0.6 is 23.6 Å². The quantitative estimate of drug-likeness (QED) is 0.437. The van der Waals surface area contributed by atoms with Crippen LogP contribution in [0.15, 0.2) is 67.0 Å². The highest BCUT2D eigenvalue weighted by molar-refractivity contribution is 7.80. The smallest absolute Gasteiger partial charge is 0.194 e. The third kappa shape index (κ3) is 3.48. The maximum Gasteiger partial charge on any atom is 0.194 e. The van der Waals surface area contributed by atoms with Crippen molar-refractivity contribution >= 4 is 38.9 Å². The molecular weight excluding hydrogens is 438 g/mol. The zero-order valence-electron chi connectivity index (χ0n) is 17.4. The highest BCUT2D eigenvalue weighted by Gasteiger charge is 2.42. The van der Waals surface area contributed by atoms with Gasteiger partial charge in [0.15, 0.2) is 10.2 Å². The Kier molecular flexibility index (Phi) is 5.13. The number of fused-ring (bicyclic) bond motifs is 1. The fraction of sp³-hybridized carbons (Fsp3) is 0.292. The standard InChI is InChI=1S/C24H23N5OS2/c31-23-27-21(18-9-3-4-12-25-18)22(29(23)15-16-7-6-14-30-16)19-10-5-13-28(19)24-26-17-8-1-2-11-20(17)32-24/h1-5,8-13,16,21-22H,6-7,14-15H2,(H,27,31)/t16-,21+,22-/m0/s1. The van der Waals surface area contributed by atoms with Gasteiger partial charge in [0.2, 0.25) is 0 Å². The third-order valence-electron chi connectivity index (χ3n) is 6.19. The van der Waals surface area contributed by atoms with E-state index in [1.807, 2.05) is 24.4 Å². The second-order valence-corrected chi connectivity index (χ2v) is 9.58. The van der Waals surface area contributed by atoms with Crippen molar-refractivity contribution in [2.45, 2.75) is 31.0 Å². The molecule has 1 N–H and O–H groups in total. The summed E-state index contributed by atoms with van der Waals surface area (Å²) in [5.41, 5.74) is 3.14. The number of nitrogens with one attached hydrogen (secondary N) is 1. The maximum atomic E-state index is 5.96. The minimum Gasteiger partial charge on any atom is -0.376 e. The lowest BCUT2D eigenvalue weighted by Gasteiger charge is -2.30. The van der Waals surface area contributed by atoms with Gasteiger partial charge in [-0.3, -0.25) is 9.55 Å². The van der Waals surface area contributed by atoms with Gasteiger partial charge in [0.25, 0.3) is 0 Å². The number of rotatable bonds is 5. The highest BCUT2D eigenvalue weighted by Crippen LogP contribution is 2.40. The van der Waals surface area contributed by atoms with Crippen molar-refractivity contribution in [1.29, 1.82) is 0 Å². The fourth-order valence-electron chi connectivity index (χ4n) is 4.70. The summed E-state index contributed by atoms with van der Waals surface area (Å²) < 4.78 is 9.34. The normalized spacial score (nSPS) is 23.2. The molecule has 6 nitrogen and oxygen atoms in total. The zero-order chi connectivity index (χ0) is 21.5. The van der Waals surface area contributed by atoms with E-state index < -0.39 is 0 Å². The second-order valence-electron chi connectivity index (χ2n) is 8.18. The van der Waals surface area contributed by atoms with Gasteiger partial charge < -0.3 is 15.0 Å². The Balaban J connectivity index is 1.44. The Morgan fingerprint density at radius 2 is 2.03 bits per heavy atom. The van der Waals surface area contributed by atoms with Gasteiger partial charge in [-0.25, -0.2) is 4.98 Å². The third-order valence-corrected chi connectivity index (χ3v) is 7.58. The van der Waals surface area contributed by atoms with Gasteiger partial charge >= 0.3 is 0 Å². The molecule has 2 aliphatic heterocycles. The Labute approximate surface area is 195 Å². The molecule has 2 aliphatic rings. The van der Waals surface area contributed by atoms with Crippen molar-refractivity contribution in [2.75, 3.05) is 13.2 Å². The summed E-state index contributed by atoms with van der Waals surface area (Å²) in [5, 5.41) is 5.25. The van der Waals surface area contributed by atoms with Crippen LogP contribution in [-0.2, 0) is 4.74 Å². The van der Waals surface area contributed by atoms with Gasteiger partial charge in [0, 0.05) is 25.5 Å². The number of aromatic nitrogens is 3. The average molecular weight is 462 g/mol. The largest absolute Gasteiger partial charge is 0.376 e. The highest BCUT2D eigenvalue weighted by atomic mass is 32.1. The van der Waals surface area contributed by atoms with Gasteiger partial charge in [0.1, 0.15) is 0 Å². The predicted octanol–water partition coefficient (Wildman–Crippen LogP) is 4.63. The fourth-order valence-corrected chi connectivity index (χ4v) is 5.99. The van der Waals surface area contributed by atoms with Gasteiger partial charge in [-0.1, -0.05) is 29.5 Å². The molecule has 3 atom stereocenters. The lowest BCUT2D eigenvalue weighted by atomic mass is 10.0. The van der Waals surface area contributed by atoms with E-state index in [2.05, 4.69) is 62.4 Å². The van der Waals surface area contributed by atoms with E-state index >= 15 is 0 Å². The van der Waals surface area contributed by atoms with Crippen molar-refractivity contribution in [3.63, 3.8) is 0 Å². The summed E-state index contributed by atoms with van der Waals surface area (Å²) in [7, 11) is 0. The number of thiocarbonyl (C=S) groups is 1. The molecule has 0 bridgehead atoms. The Hall–Kier alpha value is -2.81. The predicted molar refractivity (Wildman–Crippen MR) is 130 cm³/mol. The van der Waals surface area contributed by atoms with Crippen LogP contribution < -0.4 is 5.32 Å². The van der Waals surface area contributed by atoms with E-state index in [9.17, 15) is 0 Å². The van der Waals surface area contributed by atoms with Crippen LogP contribution in [0.3, 0.4) is 0 Å². The number of ether oxygens (including phenoxy) is 1. The molecule has 1 aromatic carbocycles. The van der Waals surface area contributed by atoms with Crippen LogP contribution in [0.1, 0.15) is 36.3 Å². The van der Waals surface area contributed by atoms with Crippen molar-refractivity contribution in [3.8, 4) is 5.13 Å². The zero-order valence-corrected chi connectivity index (χ0v) is 19.1. The van der Waals surface area contributed by atoms with Crippen LogP contribution in [0.4, 0.5) is 0 Å². The molecule has 5 heterocycles. The van der Waals surface area contributed by atoms with Crippen molar-refractivity contribution in [3.05, 3.63) is 78.4 Å². The molecule has 0 unspecified atom stereocenters. The van der Waals surface area contributed by atoms with E-state index in [1.165, 1.54) is 4.70 Å². The van der Waals surface area contributed by atoms with E-state index in [0.29, 0.717) is 0 Å². The van der Waals surface area contributed by atoms with E-state index in [-0.39, 0.29) is 18.2 Å². The number of hydrogen-bond donors (Lipinski definition) is 1. The number of thiazole rings is 1. The molecule has 2 fully saturated rings. The van der Waals surface area contributed by atoms with E-state index in [0.717, 1.165) is 53.1 Å². The van der Waals surface area contributed by atoms with Gasteiger partial charge in [-0.15, -0.1) is 0 Å². The number of nitrogens with zero attached hydrogens (tertiary/aromatic N) is 4. The van der Waals surface area contributed by atoms with Crippen molar-refractivity contribution < 1.29 is 4.74 Å². The second kappa shape index (κ2) is 8.27. The molecular formula is C24H23N5OS2. The van der Waals surface area contributed by atoms with E-state index in [4.69, 9.17) is 21.9 Å². The number of hydrogen-bond acceptors (Lipinski definition) is 5. The van der Waals surface area contributed by atoms with Crippen LogP contribution in [0.5, 0.6) is 0 Å². The molecule has 0 aliphatic carbocycles. The van der Waals surface area contributed by atoms with Crippen molar-refractivity contribution in [2.24, 2.45) is 0 Å². The number of para-hydroxylation sites is 1. The summed E-state index contributed by atoms with van der Waals surface area (Å²) in [6.45, 7) is 1.60. The van der Waals surface area contributed by atoms with Crippen molar-refractivity contribution in [1.82, 2.24) is 24.8 Å². The monoisotopic (exact) mass is 461 g/mol. The van der Waals surface area contributed by atoms with Crippen LogP contribution in [0.2, 0.25) is 0 Å². The molecule has 2 saturated heterocycles. The average Bonchev–Trinajstić information content (AvgIpc) is 3.61. The molecule has 0 spiro atoms. The molecule has 4 aromatic rings. The molecule has 6 rings (SSSR count). The molecule has 32 heavy (non-hydrogen) atoms. The molecule has 0 amide bonds. The minimum absolute atomic E-state index is 0.0105. The lowest BCUT2D eigenvalue weighted by Crippen LogP contribution is -2.36. The van der Waals surface area contributed by atoms with Gasteiger partial charge in [-0.2, -0.15) is 0 Å². The summed E-state index contributed by atoms with van der Waals surface area (Å²) in [5.74, 6) is 0. The topological polar surface area (TPSA) is 55.2 Å². The molecule has 0 saturated carbocycles. The SMILES string of the molecule is S=C1N[C@H](c2ccccn2)[C@H](c2cccn2-c2nc3ccccc3s2)N1C[C@@H]1CCCO1. The lowest BCUT2D eigenvalue weighted by molar-refractivity contribution is 0.0836. The summed E-state index contributed by atoms with van der Waals surface area (Å²) in [6.07, 6.45) is 6.31. The maximum absolute atomic E-state index is 5.96. The Bertz CT molecular complexity index is 1210. The van der Waals surface area contributed by atoms with Gasteiger partial charge in [0.05, 0.1) is 39.8 Å². The summed E-state index contributed by atoms with van der Waals surface area (Å²) >= 11 is 7.52. The van der Waals surface area contributed by atoms with E-state index in [1.54, 1.807) is 11.3 Å². The first kappa shape index (κ1) is 19.8. The number of pyridine rings is 1. The summed E-state index contributed by atoms with van der Waals surface area (Å²) in [4.78, 5) is 11.8. The van der Waals surface area contributed by atoms with Crippen LogP contribution in [-0.4, -0.2) is 43.8 Å².